The molecule has 36 heavy (non-hydrogen) atoms. The molecule has 0 saturated carbocycles. The molecule has 2 unspecified atom stereocenters. The zero-order valence-corrected chi connectivity index (χ0v) is 21.6. The standard InChI is InChI=1S/C26H30ClN7O2/c1-14-7-5-6-8-21(14)31-26(35)33-9-10-36-23-18(11-20(27)15(2)19(23)12-33)17(4)34-25-22(16(3)32-34)24(28)29-13-30-25/h5-8,11,13,16-17,32H,9-10,12H2,1-4H3,(H,31,35)(H2,28,29,30). The fourth-order valence-electron chi connectivity index (χ4n) is 4.85. The second kappa shape index (κ2) is 9.48. The van der Waals surface area contributed by atoms with Crippen LogP contribution < -0.4 is 26.2 Å². The summed E-state index contributed by atoms with van der Waals surface area (Å²) >= 11 is 6.73. The molecule has 10 heteroatoms. The number of rotatable bonds is 3. The lowest BCUT2D eigenvalue weighted by molar-refractivity contribution is 0.200. The van der Waals surface area contributed by atoms with Crippen LogP contribution in [0.15, 0.2) is 36.7 Å². The van der Waals surface area contributed by atoms with E-state index in [0.717, 1.165) is 45.1 Å². The molecule has 3 aromatic rings. The highest BCUT2D eigenvalue weighted by atomic mass is 35.5. The quantitative estimate of drug-likeness (QED) is 0.462. The first kappa shape index (κ1) is 24.1. The summed E-state index contributed by atoms with van der Waals surface area (Å²) in [4.78, 5) is 23.6. The number of ether oxygens (including phenoxy) is 1. The fraction of sp³-hybridized carbons (Fsp3) is 0.346. The Morgan fingerprint density at radius 1 is 1.31 bits per heavy atom. The first-order valence-electron chi connectivity index (χ1n) is 12.0. The summed E-state index contributed by atoms with van der Waals surface area (Å²) in [6.45, 7) is 9.21. The number of nitrogens with one attached hydrogen (secondary N) is 2. The van der Waals surface area contributed by atoms with Crippen molar-refractivity contribution in [3.63, 3.8) is 0 Å². The Balaban J connectivity index is 1.47. The van der Waals surface area contributed by atoms with E-state index >= 15 is 0 Å². The summed E-state index contributed by atoms with van der Waals surface area (Å²) in [5, 5.41) is 5.63. The molecule has 2 atom stereocenters. The van der Waals surface area contributed by atoms with Crippen molar-refractivity contribution >= 4 is 35.0 Å². The van der Waals surface area contributed by atoms with Crippen molar-refractivity contribution in [2.45, 2.75) is 46.3 Å². The number of hydrogen-bond donors (Lipinski definition) is 3. The predicted octanol–water partition coefficient (Wildman–Crippen LogP) is 4.90. The van der Waals surface area contributed by atoms with Gasteiger partial charge in [0.05, 0.1) is 30.7 Å². The highest BCUT2D eigenvalue weighted by Gasteiger charge is 2.35. The molecule has 188 valence electrons. The maximum Gasteiger partial charge on any atom is 0.322 e. The smallest absolute Gasteiger partial charge is 0.322 e. The summed E-state index contributed by atoms with van der Waals surface area (Å²) in [6, 6.07) is 9.28. The van der Waals surface area contributed by atoms with Gasteiger partial charge in [0.25, 0.3) is 0 Å². The molecule has 2 aliphatic rings. The van der Waals surface area contributed by atoms with Crippen LogP contribution in [0.5, 0.6) is 5.75 Å². The van der Waals surface area contributed by atoms with Gasteiger partial charge in [0.1, 0.15) is 24.5 Å². The number of fused-ring (bicyclic) bond motifs is 2. The summed E-state index contributed by atoms with van der Waals surface area (Å²) in [6.07, 6.45) is 1.47. The lowest BCUT2D eigenvalue weighted by Crippen LogP contribution is -2.36. The van der Waals surface area contributed by atoms with Gasteiger partial charge in [0.2, 0.25) is 0 Å². The number of anilines is 3. The third-order valence-electron chi connectivity index (χ3n) is 6.98. The number of aryl methyl sites for hydroxylation is 1. The Hall–Kier alpha value is -3.56. The molecule has 4 N–H and O–H groups in total. The molecule has 0 fully saturated rings. The molecule has 5 rings (SSSR count). The Morgan fingerprint density at radius 3 is 2.86 bits per heavy atom. The van der Waals surface area contributed by atoms with Crippen molar-refractivity contribution in [1.82, 2.24) is 20.3 Å². The largest absolute Gasteiger partial charge is 0.491 e. The van der Waals surface area contributed by atoms with Crippen molar-refractivity contribution in [2.24, 2.45) is 0 Å². The van der Waals surface area contributed by atoms with E-state index in [1.807, 2.05) is 56.1 Å². The van der Waals surface area contributed by atoms with Crippen molar-refractivity contribution in [3.05, 3.63) is 69.5 Å². The maximum atomic E-state index is 13.2. The van der Waals surface area contributed by atoms with Gasteiger partial charge in [-0.05, 0) is 51.0 Å². The highest BCUT2D eigenvalue weighted by Crippen LogP contribution is 2.43. The van der Waals surface area contributed by atoms with Gasteiger partial charge in [-0.15, -0.1) is 0 Å². The Morgan fingerprint density at radius 2 is 2.08 bits per heavy atom. The molecule has 2 aromatic carbocycles. The molecule has 2 aliphatic heterocycles. The van der Waals surface area contributed by atoms with E-state index in [1.54, 1.807) is 4.90 Å². The van der Waals surface area contributed by atoms with Gasteiger partial charge in [-0.1, -0.05) is 29.8 Å². The number of para-hydroxylation sites is 1. The summed E-state index contributed by atoms with van der Waals surface area (Å²) in [7, 11) is 0. The van der Waals surface area contributed by atoms with E-state index in [1.165, 1.54) is 6.33 Å². The number of nitrogens with two attached hydrogens (primary N) is 1. The molecule has 1 aromatic heterocycles. The number of benzene rings is 2. The highest BCUT2D eigenvalue weighted by molar-refractivity contribution is 6.31. The third kappa shape index (κ3) is 4.18. The van der Waals surface area contributed by atoms with Gasteiger partial charge < -0.3 is 20.7 Å². The Bertz CT molecular complexity index is 1330. The molecule has 0 spiro atoms. The molecule has 0 aliphatic carbocycles. The average molecular weight is 508 g/mol. The second-order valence-corrected chi connectivity index (χ2v) is 9.70. The minimum absolute atomic E-state index is 0.0373. The molecule has 3 heterocycles. The van der Waals surface area contributed by atoms with Crippen LogP contribution in [0, 0.1) is 13.8 Å². The average Bonchev–Trinajstić information content (AvgIpc) is 3.05. The summed E-state index contributed by atoms with van der Waals surface area (Å²) in [5.41, 5.74) is 15.0. The van der Waals surface area contributed by atoms with Crippen LogP contribution in [0.3, 0.4) is 0 Å². The zero-order chi connectivity index (χ0) is 25.6. The summed E-state index contributed by atoms with van der Waals surface area (Å²) < 4.78 is 6.30. The molecule has 9 nitrogen and oxygen atoms in total. The number of hydrazine groups is 1. The van der Waals surface area contributed by atoms with Crippen LogP contribution in [-0.2, 0) is 6.54 Å². The predicted molar refractivity (Wildman–Crippen MR) is 141 cm³/mol. The van der Waals surface area contributed by atoms with E-state index in [2.05, 4.69) is 27.6 Å². The molecular weight excluding hydrogens is 478 g/mol. The number of amides is 2. The fourth-order valence-corrected chi connectivity index (χ4v) is 5.09. The lowest BCUT2D eigenvalue weighted by atomic mass is 9.98. The molecule has 2 amide bonds. The first-order chi connectivity index (χ1) is 17.3. The lowest BCUT2D eigenvalue weighted by Gasteiger charge is -2.29. The molecule has 0 saturated heterocycles. The molecule has 0 radical (unpaired) electrons. The minimum atomic E-state index is -0.179. The molecular formula is C26H30ClN7O2. The number of nitrogens with zero attached hydrogens (tertiary/aromatic N) is 4. The number of carbonyl (C=O) groups excluding carboxylic acids is 1. The number of carbonyl (C=O) groups is 1. The van der Waals surface area contributed by atoms with Crippen LogP contribution >= 0.6 is 11.6 Å². The van der Waals surface area contributed by atoms with E-state index in [9.17, 15) is 4.79 Å². The Labute approximate surface area is 215 Å². The minimum Gasteiger partial charge on any atom is -0.491 e. The van der Waals surface area contributed by atoms with Gasteiger partial charge in [-0.25, -0.2) is 20.2 Å². The van der Waals surface area contributed by atoms with Crippen LogP contribution in [0.2, 0.25) is 5.02 Å². The van der Waals surface area contributed by atoms with Crippen LogP contribution in [-0.4, -0.2) is 34.1 Å². The SMILES string of the molecule is Cc1ccccc1NC(=O)N1CCOc2c(C(C)N3NC(C)c4c(N)ncnc43)cc(Cl)c(C)c2C1. The van der Waals surface area contributed by atoms with Crippen molar-refractivity contribution in [3.8, 4) is 5.75 Å². The van der Waals surface area contributed by atoms with Crippen molar-refractivity contribution in [2.75, 3.05) is 29.2 Å². The molecule has 0 bridgehead atoms. The maximum absolute atomic E-state index is 13.2. The number of halogens is 1. The normalized spacial score (nSPS) is 17.6. The second-order valence-electron chi connectivity index (χ2n) is 9.29. The van der Waals surface area contributed by atoms with Crippen molar-refractivity contribution in [1.29, 1.82) is 0 Å². The van der Waals surface area contributed by atoms with Crippen LogP contribution in [0.4, 0.5) is 22.1 Å². The van der Waals surface area contributed by atoms with Gasteiger partial charge in [-0.2, -0.15) is 0 Å². The van der Waals surface area contributed by atoms with Crippen molar-refractivity contribution < 1.29 is 9.53 Å². The van der Waals surface area contributed by atoms with Crippen LogP contribution in [0.1, 0.15) is 53.7 Å². The van der Waals surface area contributed by atoms with Gasteiger partial charge >= 0.3 is 6.03 Å². The van der Waals surface area contributed by atoms with E-state index in [0.29, 0.717) is 30.5 Å². The summed E-state index contributed by atoms with van der Waals surface area (Å²) in [5.74, 6) is 1.95. The number of nitrogen functional groups attached to an aromatic ring is 1. The number of urea groups is 1. The Kier molecular flexibility index (Phi) is 6.36. The number of aromatic nitrogens is 2. The van der Waals surface area contributed by atoms with E-state index in [-0.39, 0.29) is 18.1 Å². The zero-order valence-electron chi connectivity index (χ0n) is 20.8. The topological polar surface area (TPSA) is 109 Å². The van der Waals surface area contributed by atoms with E-state index < -0.39 is 0 Å². The first-order valence-corrected chi connectivity index (χ1v) is 12.4. The van der Waals surface area contributed by atoms with Crippen LogP contribution in [0.25, 0.3) is 0 Å². The monoisotopic (exact) mass is 507 g/mol. The van der Waals surface area contributed by atoms with Gasteiger partial charge in [-0.3, -0.25) is 5.01 Å². The van der Waals surface area contributed by atoms with Gasteiger partial charge in [0, 0.05) is 21.8 Å². The number of hydrogen-bond acceptors (Lipinski definition) is 7. The van der Waals surface area contributed by atoms with E-state index in [4.69, 9.17) is 22.1 Å². The third-order valence-corrected chi connectivity index (χ3v) is 7.38. The van der Waals surface area contributed by atoms with Gasteiger partial charge in [0.15, 0.2) is 5.82 Å².